The van der Waals surface area contributed by atoms with E-state index >= 15 is 0 Å². The molecule has 0 aliphatic carbocycles. The second kappa shape index (κ2) is 7.88. The van der Waals surface area contributed by atoms with Gasteiger partial charge >= 0.3 is 6.18 Å². The fourth-order valence-corrected chi connectivity index (χ4v) is 2.41. The van der Waals surface area contributed by atoms with Crippen LogP contribution in [0.1, 0.15) is 18.1 Å². The summed E-state index contributed by atoms with van der Waals surface area (Å²) in [7, 11) is 1.76. The highest BCUT2D eigenvalue weighted by atomic mass is 19.4. The van der Waals surface area contributed by atoms with Crippen molar-refractivity contribution < 1.29 is 18.0 Å². The topological polar surface area (TPSA) is 32.3 Å². The normalized spacial score (nSPS) is 11.6. The summed E-state index contributed by atoms with van der Waals surface area (Å²) in [6.07, 6.45) is -1.69. The van der Waals surface area contributed by atoms with Crippen LogP contribution in [0.5, 0.6) is 0 Å². The van der Waals surface area contributed by atoms with E-state index in [0.29, 0.717) is 12.2 Å². The Balaban J connectivity index is 2.36. The van der Waals surface area contributed by atoms with Crippen LogP contribution in [0.4, 0.5) is 24.5 Å². The van der Waals surface area contributed by atoms with Gasteiger partial charge in [0.25, 0.3) is 0 Å². The lowest BCUT2D eigenvalue weighted by molar-refractivity contribution is -0.137. The van der Waals surface area contributed by atoms with Crippen LogP contribution in [0, 0.1) is 0 Å². The van der Waals surface area contributed by atoms with Crippen LogP contribution >= 0.6 is 0 Å². The van der Waals surface area contributed by atoms with E-state index in [-0.39, 0.29) is 5.69 Å². The Kier molecular flexibility index (Phi) is 5.85. The van der Waals surface area contributed by atoms with Gasteiger partial charge < -0.3 is 10.2 Å². The fourth-order valence-electron chi connectivity index (χ4n) is 2.41. The molecule has 0 radical (unpaired) electrons. The van der Waals surface area contributed by atoms with Gasteiger partial charge in [-0.25, -0.2) is 0 Å². The Morgan fingerprint density at radius 3 is 2.44 bits per heavy atom. The molecule has 0 saturated carbocycles. The van der Waals surface area contributed by atoms with Crippen molar-refractivity contribution in [1.29, 1.82) is 0 Å². The van der Waals surface area contributed by atoms with Crippen molar-refractivity contribution >= 4 is 17.3 Å². The van der Waals surface area contributed by atoms with E-state index in [9.17, 15) is 18.0 Å². The van der Waals surface area contributed by atoms with Gasteiger partial charge in [0.1, 0.15) is 0 Å². The quantitative estimate of drug-likeness (QED) is 0.783. The minimum absolute atomic E-state index is 0.122. The molecule has 0 atom stereocenters. The van der Waals surface area contributed by atoms with Gasteiger partial charge in [0.15, 0.2) is 0 Å². The molecule has 0 heterocycles. The monoisotopic (exact) mass is 348 g/mol. The Morgan fingerprint density at radius 1 is 1.16 bits per heavy atom. The molecule has 2 aromatic carbocycles. The van der Waals surface area contributed by atoms with Crippen molar-refractivity contribution in [2.24, 2.45) is 0 Å². The lowest BCUT2D eigenvalue weighted by Crippen LogP contribution is -2.20. The number of alkyl halides is 3. The number of allylic oxidation sites excluding steroid dienone is 1. The van der Waals surface area contributed by atoms with E-state index in [0.717, 1.165) is 17.7 Å². The number of carbonyl (C=O) groups excluding carboxylic acids is 1. The number of halogens is 3. The molecule has 132 valence electrons. The molecular formula is C19H19F3N2O. The predicted molar refractivity (Wildman–Crippen MR) is 93.4 cm³/mol. The molecule has 0 aliphatic heterocycles. The summed E-state index contributed by atoms with van der Waals surface area (Å²) in [6, 6.07) is 12.9. The summed E-state index contributed by atoms with van der Waals surface area (Å²) in [6.45, 7) is 2.16. The molecule has 1 amide bonds. The molecule has 0 saturated heterocycles. The van der Waals surface area contributed by atoms with Crippen LogP contribution in [0.15, 0.2) is 60.7 Å². The van der Waals surface area contributed by atoms with Crippen molar-refractivity contribution in [2.75, 3.05) is 17.3 Å². The average Bonchev–Trinajstić information content (AvgIpc) is 2.55. The van der Waals surface area contributed by atoms with Crippen LogP contribution in [-0.2, 0) is 17.5 Å². The number of carbonyl (C=O) groups is 1. The van der Waals surface area contributed by atoms with E-state index < -0.39 is 17.6 Å². The van der Waals surface area contributed by atoms with Gasteiger partial charge in [0.05, 0.1) is 16.9 Å². The Labute approximate surface area is 144 Å². The first-order valence-electron chi connectivity index (χ1n) is 7.71. The van der Waals surface area contributed by atoms with Crippen molar-refractivity contribution in [3.8, 4) is 0 Å². The minimum atomic E-state index is -4.48. The van der Waals surface area contributed by atoms with Crippen LogP contribution < -0.4 is 10.2 Å². The van der Waals surface area contributed by atoms with Crippen LogP contribution in [0.3, 0.4) is 0 Å². The van der Waals surface area contributed by atoms with Gasteiger partial charge in [0.2, 0.25) is 5.91 Å². The van der Waals surface area contributed by atoms with Crippen LogP contribution in [-0.4, -0.2) is 13.0 Å². The Bertz CT molecular complexity index is 755. The van der Waals surface area contributed by atoms with Crippen molar-refractivity contribution in [3.05, 3.63) is 71.8 Å². The molecule has 1 N–H and O–H groups in total. The molecule has 25 heavy (non-hydrogen) atoms. The summed E-state index contributed by atoms with van der Waals surface area (Å²) in [5.41, 5.74) is 0.835. The SMILES string of the molecule is C/C=C/C(=O)Nc1cc(C(F)(F)F)ccc1N(C)Cc1ccccc1. The number of anilines is 2. The van der Waals surface area contributed by atoms with E-state index in [1.165, 1.54) is 18.2 Å². The molecule has 3 nitrogen and oxygen atoms in total. The lowest BCUT2D eigenvalue weighted by atomic mass is 10.1. The second-order valence-electron chi connectivity index (χ2n) is 5.56. The third-order valence-electron chi connectivity index (χ3n) is 3.57. The van der Waals surface area contributed by atoms with Gasteiger partial charge in [-0.3, -0.25) is 4.79 Å². The third kappa shape index (κ3) is 5.11. The zero-order valence-corrected chi connectivity index (χ0v) is 14.0. The highest BCUT2D eigenvalue weighted by molar-refractivity contribution is 6.01. The molecular weight excluding hydrogens is 329 g/mol. The van der Waals surface area contributed by atoms with Crippen molar-refractivity contribution in [3.63, 3.8) is 0 Å². The van der Waals surface area contributed by atoms with Gasteiger partial charge in [-0.1, -0.05) is 36.4 Å². The fraction of sp³-hybridized carbons (Fsp3) is 0.211. The summed E-state index contributed by atoms with van der Waals surface area (Å²) >= 11 is 0. The highest BCUT2D eigenvalue weighted by Crippen LogP contribution is 2.35. The number of hydrogen-bond donors (Lipinski definition) is 1. The Hall–Kier alpha value is -2.76. The molecule has 0 aliphatic rings. The van der Waals surface area contributed by atoms with E-state index in [4.69, 9.17) is 0 Å². The van der Waals surface area contributed by atoms with Crippen molar-refractivity contribution in [1.82, 2.24) is 0 Å². The molecule has 0 bridgehead atoms. The summed E-state index contributed by atoms with van der Waals surface area (Å²) in [5.74, 6) is -0.476. The van der Waals surface area contributed by atoms with Gasteiger partial charge in [-0.05, 0) is 36.8 Å². The average molecular weight is 348 g/mol. The van der Waals surface area contributed by atoms with Crippen LogP contribution in [0.2, 0.25) is 0 Å². The third-order valence-corrected chi connectivity index (χ3v) is 3.57. The lowest BCUT2D eigenvalue weighted by Gasteiger charge is -2.23. The molecule has 6 heteroatoms. The molecule has 0 aromatic heterocycles. The molecule has 0 spiro atoms. The number of rotatable bonds is 5. The van der Waals surface area contributed by atoms with E-state index in [2.05, 4.69) is 5.32 Å². The largest absolute Gasteiger partial charge is 0.416 e. The highest BCUT2D eigenvalue weighted by Gasteiger charge is 2.31. The summed E-state index contributed by atoms with van der Waals surface area (Å²) in [5, 5.41) is 2.52. The number of amides is 1. The second-order valence-corrected chi connectivity index (χ2v) is 5.56. The first kappa shape index (κ1) is 18.6. The van der Waals surface area contributed by atoms with Crippen LogP contribution in [0.25, 0.3) is 0 Å². The molecule has 2 rings (SSSR count). The first-order valence-corrected chi connectivity index (χ1v) is 7.71. The maximum absolute atomic E-state index is 13.0. The zero-order chi connectivity index (χ0) is 18.4. The number of benzene rings is 2. The molecule has 2 aromatic rings. The smallest absolute Gasteiger partial charge is 0.369 e. The standard InChI is InChI=1S/C19H19F3N2O/c1-3-7-18(25)23-16-12-15(19(20,21)22)10-11-17(16)24(2)13-14-8-5-4-6-9-14/h3-12H,13H2,1-2H3,(H,23,25)/b7-3+. The Morgan fingerprint density at radius 2 is 1.84 bits per heavy atom. The summed E-state index contributed by atoms with van der Waals surface area (Å²) in [4.78, 5) is 13.6. The summed E-state index contributed by atoms with van der Waals surface area (Å²) < 4.78 is 39.0. The van der Waals surface area contributed by atoms with Gasteiger partial charge in [0, 0.05) is 13.6 Å². The molecule has 0 fully saturated rings. The minimum Gasteiger partial charge on any atom is -0.369 e. The van der Waals surface area contributed by atoms with E-state index in [1.807, 2.05) is 30.3 Å². The molecule has 0 unspecified atom stereocenters. The first-order chi connectivity index (χ1) is 11.8. The van der Waals surface area contributed by atoms with Crippen molar-refractivity contribution in [2.45, 2.75) is 19.6 Å². The maximum Gasteiger partial charge on any atom is 0.416 e. The zero-order valence-electron chi connectivity index (χ0n) is 14.0. The maximum atomic E-state index is 13.0. The number of nitrogens with one attached hydrogen (secondary N) is 1. The van der Waals surface area contributed by atoms with Gasteiger partial charge in [-0.2, -0.15) is 13.2 Å². The number of nitrogens with zero attached hydrogens (tertiary/aromatic N) is 1. The van der Waals surface area contributed by atoms with E-state index in [1.54, 1.807) is 18.9 Å². The van der Waals surface area contributed by atoms with Gasteiger partial charge in [-0.15, -0.1) is 0 Å². The predicted octanol–water partition coefficient (Wildman–Crippen LogP) is 4.86. The number of hydrogen-bond acceptors (Lipinski definition) is 2.